The van der Waals surface area contributed by atoms with E-state index in [1.54, 1.807) is 13.3 Å². The van der Waals surface area contributed by atoms with Gasteiger partial charge in [0.25, 0.3) is 0 Å². The first-order chi connectivity index (χ1) is 17.6. The predicted octanol–water partition coefficient (Wildman–Crippen LogP) is 4.88. The van der Waals surface area contributed by atoms with E-state index in [9.17, 15) is 4.79 Å². The van der Waals surface area contributed by atoms with Crippen LogP contribution in [0.4, 0.5) is 5.69 Å². The van der Waals surface area contributed by atoms with Crippen LogP contribution < -0.4 is 15.4 Å². The van der Waals surface area contributed by atoms with Gasteiger partial charge in [-0.15, -0.1) is 0 Å². The zero-order valence-corrected chi connectivity index (χ0v) is 20.7. The van der Waals surface area contributed by atoms with E-state index < -0.39 is 0 Å². The number of pyridine rings is 1. The Hall–Kier alpha value is -4.17. The lowest BCUT2D eigenvalue weighted by atomic mass is 10.0. The normalized spacial score (nSPS) is 17.0. The standard InChI is InChI=1S/C28H27N5O2S/c1-35-22-12-7-11-21(19-22)32-17-8-14-24(32)27-26(23-13-5-6-16-29-23)31-28(36)33(27)18-15-25(34)30-20-9-3-2-4-10-20/h2-14,16-17,19,26-27H,15,18H2,1H3,(H,30,34)(H,31,36)/t26-,27-/m1/s1. The fraction of sp³-hybridized carbons (Fsp3) is 0.179. The molecule has 8 heteroatoms. The number of nitrogens with zero attached hydrogens (tertiary/aromatic N) is 3. The third-order valence-corrected chi connectivity index (χ3v) is 6.60. The number of nitrogens with one attached hydrogen (secondary N) is 2. The first-order valence-corrected chi connectivity index (χ1v) is 12.2. The van der Waals surface area contributed by atoms with Gasteiger partial charge < -0.3 is 24.8 Å². The van der Waals surface area contributed by atoms with E-state index in [-0.39, 0.29) is 18.0 Å². The molecule has 1 aliphatic heterocycles. The molecule has 1 aliphatic rings. The van der Waals surface area contributed by atoms with E-state index in [1.807, 2.05) is 85.1 Å². The zero-order valence-electron chi connectivity index (χ0n) is 19.9. The third-order valence-electron chi connectivity index (χ3n) is 6.25. The minimum absolute atomic E-state index is 0.0628. The van der Waals surface area contributed by atoms with Crippen LogP contribution in [-0.4, -0.2) is 39.1 Å². The zero-order chi connectivity index (χ0) is 24.9. The molecule has 0 bridgehead atoms. The Kier molecular flexibility index (Phi) is 6.95. The summed E-state index contributed by atoms with van der Waals surface area (Å²) in [5.41, 5.74) is 3.68. The van der Waals surface area contributed by atoms with E-state index >= 15 is 0 Å². The second-order valence-corrected chi connectivity index (χ2v) is 8.88. The summed E-state index contributed by atoms with van der Waals surface area (Å²) >= 11 is 5.78. The molecule has 1 amide bonds. The topological polar surface area (TPSA) is 71.4 Å². The van der Waals surface area contributed by atoms with Gasteiger partial charge in [0.1, 0.15) is 5.75 Å². The molecule has 0 spiro atoms. The number of aromatic nitrogens is 2. The smallest absolute Gasteiger partial charge is 0.226 e. The Morgan fingerprint density at radius 3 is 2.67 bits per heavy atom. The highest BCUT2D eigenvalue weighted by Crippen LogP contribution is 2.39. The van der Waals surface area contributed by atoms with Gasteiger partial charge in [-0.3, -0.25) is 9.78 Å². The Bertz CT molecular complexity index is 1340. The monoisotopic (exact) mass is 497 g/mol. The van der Waals surface area contributed by atoms with Crippen molar-refractivity contribution in [2.24, 2.45) is 0 Å². The molecule has 182 valence electrons. The summed E-state index contributed by atoms with van der Waals surface area (Å²) in [4.78, 5) is 19.4. The SMILES string of the molecule is COc1cccc(-n2cccc2[C@@H]2[C@@H](c3ccccn3)NC(=S)N2CCC(=O)Nc2ccccc2)c1. The number of thiocarbonyl (C=S) groups is 1. The molecule has 2 aromatic heterocycles. The molecule has 0 saturated carbocycles. The molecule has 36 heavy (non-hydrogen) atoms. The lowest BCUT2D eigenvalue weighted by Gasteiger charge is -2.29. The van der Waals surface area contributed by atoms with Crippen LogP contribution in [0.3, 0.4) is 0 Å². The predicted molar refractivity (Wildman–Crippen MR) is 144 cm³/mol. The second kappa shape index (κ2) is 10.6. The lowest BCUT2D eigenvalue weighted by molar-refractivity contribution is -0.116. The van der Waals surface area contributed by atoms with Crippen molar-refractivity contribution in [1.82, 2.24) is 19.8 Å². The van der Waals surface area contributed by atoms with Crippen molar-refractivity contribution >= 4 is 28.9 Å². The third kappa shape index (κ3) is 4.94. The number of carbonyl (C=O) groups excluding carboxylic acids is 1. The Morgan fingerprint density at radius 2 is 1.89 bits per heavy atom. The lowest BCUT2D eigenvalue weighted by Crippen LogP contribution is -2.33. The summed E-state index contributed by atoms with van der Waals surface area (Å²) in [6.45, 7) is 0.460. The van der Waals surface area contributed by atoms with Crippen LogP contribution in [0.5, 0.6) is 5.75 Å². The van der Waals surface area contributed by atoms with Gasteiger partial charge in [0.05, 0.1) is 24.9 Å². The molecule has 1 saturated heterocycles. The first-order valence-electron chi connectivity index (χ1n) is 11.8. The molecule has 3 heterocycles. The van der Waals surface area contributed by atoms with Crippen molar-refractivity contribution in [2.45, 2.75) is 18.5 Å². The fourth-order valence-electron chi connectivity index (χ4n) is 4.57. The van der Waals surface area contributed by atoms with Gasteiger partial charge in [-0.25, -0.2) is 0 Å². The molecule has 5 rings (SSSR count). The molecule has 1 fully saturated rings. The fourth-order valence-corrected chi connectivity index (χ4v) is 4.90. The van der Waals surface area contributed by atoms with Crippen LogP contribution >= 0.6 is 12.2 Å². The molecule has 2 atom stereocenters. The number of benzene rings is 2. The van der Waals surface area contributed by atoms with E-state index in [2.05, 4.69) is 31.2 Å². The van der Waals surface area contributed by atoms with Crippen molar-refractivity contribution in [3.63, 3.8) is 0 Å². The van der Waals surface area contributed by atoms with Crippen molar-refractivity contribution < 1.29 is 9.53 Å². The Labute approximate surface area is 215 Å². The Balaban J connectivity index is 1.46. The number of rotatable bonds is 8. The molecule has 2 aromatic carbocycles. The highest BCUT2D eigenvalue weighted by molar-refractivity contribution is 7.80. The molecule has 0 radical (unpaired) electrons. The number of hydrogen-bond acceptors (Lipinski definition) is 4. The van der Waals surface area contributed by atoms with Crippen molar-refractivity contribution in [2.75, 3.05) is 19.0 Å². The number of carbonyl (C=O) groups is 1. The number of anilines is 1. The largest absolute Gasteiger partial charge is 0.497 e. The summed E-state index contributed by atoms with van der Waals surface area (Å²) in [5, 5.41) is 7.02. The minimum atomic E-state index is -0.171. The molecule has 0 unspecified atom stereocenters. The molecule has 4 aromatic rings. The van der Waals surface area contributed by atoms with Crippen LogP contribution in [0.2, 0.25) is 0 Å². The van der Waals surface area contributed by atoms with Crippen molar-refractivity contribution in [3.8, 4) is 11.4 Å². The van der Waals surface area contributed by atoms with E-state index in [0.29, 0.717) is 18.1 Å². The average Bonchev–Trinajstić information content (AvgIpc) is 3.53. The van der Waals surface area contributed by atoms with Crippen LogP contribution in [-0.2, 0) is 4.79 Å². The van der Waals surface area contributed by atoms with E-state index in [4.69, 9.17) is 17.0 Å². The number of amides is 1. The van der Waals surface area contributed by atoms with Crippen molar-refractivity contribution in [1.29, 1.82) is 0 Å². The highest BCUT2D eigenvalue weighted by atomic mass is 32.1. The van der Waals surface area contributed by atoms with Gasteiger partial charge in [0.2, 0.25) is 5.91 Å². The number of para-hydroxylation sites is 1. The van der Waals surface area contributed by atoms with Gasteiger partial charge in [-0.1, -0.05) is 30.3 Å². The molecular formula is C28H27N5O2S. The van der Waals surface area contributed by atoms with Gasteiger partial charge in [0, 0.05) is 48.5 Å². The quantitative estimate of drug-likeness (QED) is 0.338. The van der Waals surface area contributed by atoms with Crippen molar-refractivity contribution in [3.05, 3.63) is 109 Å². The summed E-state index contributed by atoms with van der Waals surface area (Å²) in [5.74, 6) is 0.718. The summed E-state index contributed by atoms with van der Waals surface area (Å²) in [6, 6.07) is 27.0. The summed E-state index contributed by atoms with van der Waals surface area (Å²) < 4.78 is 7.58. The summed E-state index contributed by atoms with van der Waals surface area (Å²) in [6.07, 6.45) is 4.11. The highest BCUT2D eigenvalue weighted by Gasteiger charge is 2.41. The van der Waals surface area contributed by atoms with Gasteiger partial charge in [-0.2, -0.15) is 0 Å². The Morgan fingerprint density at radius 1 is 1.06 bits per heavy atom. The van der Waals surface area contributed by atoms with Crippen LogP contribution in [0, 0.1) is 0 Å². The molecule has 2 N–H and O–H groups in total. The second-order valence-electron chi connectivity index (χ2n) is 8.49. The van der Waals surface area contributed by atoms with Gasteiger partial charge >= 0.3 is 0 Å². The van der Waals surface area contributed by atoms with Gasteiger partial charge in [-0.05, 0) is 60.7 Å². The maximum absolute atomic E-state index is 12.7. The first kappa shape index (κ1) is 23.6. The number of methoxy groups -OCH3 is 1. The summed E-state index contributed by atoms with van der Waals surface area (Å²) in [7, 11) is 1.66. The maximum atomic E-state index is 12.7. The van der Waals surface area contributed by atoms with E-state index in [1.165, 1.54) is 0 Å². The minimum Gasteiger partial charge on any atom is -0.497 e. The van der Waals surface area contributed by atoms with Gasteiger partial charge in [0.15, 0.2) is 5.11 Å². The van der Waals surface area contributed by atoms with Crippen LogP contribution in [0.25, 0.3) is 5.69 Å². The number of hydrogen-bond donors (Lipinski definition) is 2. The van der Waals surface area contributed by atoms with Crippen LogP contribution in [0.1, 0.15) is 29.9 Å². The molecule has 0 aliphatic carbocycles. The number of ether oxygens (including phenoxy) is 1. The maximum Gasteiger partial charge on any atom is 0.226 e. The van der Waals surface area contributed by atoms with Crippen LogP contribution in [0.15, 0.2) is 97.3 Å². The van der Waals surface area contributed by atoms with E-state index in [0.717, 1.165) is 28.5 Å². The molecular weight excluding hydrogens is 470 g/mol. The molecule has 7 nitrogen and oxygen atoms in total. The average molecular weight is 498 g/mol.